The molecule has 0 N–H and O–H groups in total. The highest BCUT2D eigenvalue weighted by Gasteiger charge is 2.30. The van der Waals surface area contributed by atoms with Gasteiger partial charge < -0.3 is 0 Å². The molecule has 0 bridgehead atoms. The summed E-state index contributed by atoms with van der Waals surface area (Å²) in [6.07, 6.45) is -2.99. The predicted molar refractivity (Wildman–Crippen MR) is 86.1 cm³/mol. The molecule has 0 aliphatic rings. The third-order valence-corrected chi connectivity index (χ3v) is 3.85. The van der Waals surface area contributed by atoms with Crippen molar-refractivity contribution in [2.45, 2.75) is 19.6 Å². The number of hydrogen-bond acceptors (Lipinski definition) is 1. The molecule has 0 unspecified atom stereocenters. The van der Waals surface area contributed by atoms with Crippen molar-refractivity contribution >= 4 is 0 Å². The molecule has 3 nitrogen and oxygen atoms in total. The number of benzene rings is 2. The number of alkyl halides is 3. The molecule has 1 aromatic heterocycles. The van der Waals surface area contributed by atoms with Crippen molar-refractivity contribution in [1.29, 1.82) is 0 Å². The van der Waals surface area contributed by atoms with Crippen molar-refractivity contribution in [2.24, 2.45) is 0 Å². The van der Waals surface area contributed by atoms with E-state index in [0.29, 0.717) is 12.2 Å². The molecule has 3 aromatic rings. The highest BCUT2D eigenvalue weighted by atomic mass is 19.4. The van der Waals surface area contributed by atoms with Crippen LogP contribution in [0, 0.1) is 5.82 Å². The van der Waals surface area contributed by atoms with Crippen molar-refractivity contribution in [2.75, 3.05) is 0 Å². The van der Waals surface area contributed by atoms with Gasteiger partial charge in [-0.1, -0.05) is 12.1 Å². The zero-order chi connectivity index (χ0) is 18.2. The summed E-state index contributed by atoms with van der Waals surface area (Å²) in [6, 6.07) is 9.96. The zero-order valence-electron chi connectivity index (χ0n) is 13.2. The first-order chi connectivity index (χ1) is 11.8. The Balaban J connectivity index is 2.17. The Kier molecular flexibility index (Phi) is 4.24. The SMILES string of the molecule is CCn1cc(-c2cccc(C(F)(F)F)c2)c(=O)n1-c1ccc(F)cc1. The number of aryl methyl sites for hydroxylation is 1. The van der Waals surface area contributed by atoms with Gasteiger partial charge in [-0.25, -0.2) is 9.07 Å². The zero-order valence-corrected chi connectivity index (χ0v) is 13.2. The van der Waals surface area contributed by atoms with Gasteiger partial charge in [0.15, 0.2) is 0 Å². The average Bonchev–Trinajstić information content (AvgIpc) is 2.92. The number of rotatable bonds is 3. The smallest absolute Gasteiger partial charge is 0.285 e. The van der Waals surface area contributed by atoms with E-state index in [-0.39, 0.29) is 11.1 Å². The van der Waals surface area contributed by atoms with Crippen LogP contribution in [0.1, 0.15) is 12.5 Å². The van der Waals surface area contributed by atoms with Crippen molar-refractivity contribution in [1.82, 2.24) is 9.36 Å². The van der Waals surface area contributed by atoms with Crippen molar-refractivity contribution in [3.05, 3.63) is 76.5 Å². The number of halogens is 4. The fraction of sp³-hybridized carbons (Fsp3) is 0.167. The van der Waals surface area contributed by atoms with Gasteiger partial charge in [-0.3, -0.25) is 9.48 Å². The summed E-state index contributed by atoms with van der Waals surface area (Å²) in [5, 5.41) is 0. The van der Waals surface area contributed by atoms with Crippen LogP contribution in [0.5, 0.6) is 0 Å². The maximum atomic E-state index is 13.1. The third kappa shape index (κ3) is 3.22. The fourth-order valence-electron chi connectivity index (χ4n) is 2.63. The minimum Gasteiger partial charge on any atom is -0.285 e. The van der Waals surface area contributed by atoms with Crippen LogP contribution in [0.15, 0.2) is 59.5 Å². The summed E-state index contributed by atoms with van der Waals surface area (Å²) in [4.78, 5) is 12.8. The first-order valence-electron chi connectivity index (χ1n) is 7.57. The molecule has 0 aliphatic carbocycles. The van der Waals surface area contributed by atoms with E-state index in [1.165, 1.54) is 47.3 Å². The summed E-state index contributed by atoms with van der Waals surface area (Å²) in [7, 11) is 0. The summed E-state index contributed by atoms with van der Waals surface area (Å²) in [5.41, 5.74) is -0.513. The Morgan fingerprint density at radius 1 is 1.04 bits per heavy atom. The molecule has 3 rings (SSSR count). The van der Waals surface area contributed by atoms with E-state index in [0.717, 1.165) is 12.1 Å². The van der Waals surface area contributed by atoms with E-state index < -0.39 is 23.1 Å². The molecule has 0 amide bonds. The molecule has 0 atom stereocenters. The van der Waals surface area contributed by atoms with Crippen LogP contribution in [0.2, 0.25) is 0 Å². The van der Waals surface area contributed by atoms with Gasteiger partial charge in [-0.15, -0.1) is 0 Å². The molecule has 130 valence electrons. The molecule has 0 radical (unpaired) electrons. The maximum absolute atomic E-state index is 13.1. The van der Waals surface area contributed by atoms with Crippen LogP contribution < -0.4 is 5.56 Å². The molecule has 7 heteroatoms. The predicted octanol–water partition coefficient (Wildman–Crippen LogP) is 4.48. The van der Waals surface area contributed by atoms with E-state index in [1.807, 2.05) is 0 Å². The van der Waals surface area contributed by atoms with Crippen LogP contribution >= 0.6 is 0 Å². The Hall–Kier alpha value is -2.83. The second-order valence-corrected chi connectivity index (χ2v) is 5.47. The lowest BCUT2D eigenvalue weighted by Crippen LogP contribution is -2.21. The van der Waals surface area contributed by atoms with Crippen molar-refractivity contribution < 1.29 is 17.6 Å². The van der Waals surface area contributed by atoms with Crippen LogP contribution in [-0.2, 0) is 12.7 Å². The molecule has 0 saturated carbocycles. The van der Waals surface area contributed by atoms with Crippen LogP contribution in [0.25, 0.3) is 16.8 Å². The summed E-state index contributed by atoms with van der Waals surface area (Å²) in [6.45, 7) is 2.22. The van der Waals surface area contributed by atoms with E-state index >= 15 is 0 Å². The molecule has 0 aliphatic heterocycles. The fourth-order valence-corrected chi connectivity index (χ4v) is 2.63. The third-order valence-electron chi connectivity index (χ3n) is 3.85. The van der Waals surface area contributed by atoms with Gasteiger partial charge >= 0.3 is 6.18 Å². The molecule has 2 aromatic carbocycles. The largest absolute Gasteiger partial charge is 0.416 e. The lowest BCUT2D eigenvalue weighted by molar-refractivity contribution is -0.137. The molecule has 25 heavy (non-hydrogen) atoms. The second-order valence-electron chi connectivity index (χ2n) is 5.47. The molecule has 0 saturated heterocycles. The van der Waals surface area contributed by atoms with Crippen molar-refractivity contribution in [3.63, 3.8) is 0 Å². The van der Waals surface area contributed by atoms with E-state index in [2.05, 4.69) is 0 Å². The highest BCUT2D eigenvalue weighted by Crippen LogP contribution is 2.31. The topological polar surface area (TPSA) is 26.9 Å². The minimum atomic E-state index is -4.49. The van der Waals surface area contributed by atoms with Gasteiger partial charge in [-0.2, -0.15) is 13.2 Å². The molecule has 0 spiro atoms. The van der Waals surface area contributed by atoms with Gasteiger partial charge in [0.05, 0.1) is 16.8 Å². The van der Waals surface area contributed by atoms with Crippen LogP contribution in [0.4, 0.5) is 17.6 Å². The number of aromatic nitrogens is 2. The van der Waals surface area contributed by atoms with E-state index in [1.54, 1.807) is 11.6 Å². The molecule has 1 heterocycles. The van der Waals surface area contributed by atoms with Gasteiger partial charge in [0, 0.05) is 12.7 Å². The summed E-state index contributed by atoms with van der Waals surface area (Å²) < 4.78 is 54.7. The molecular formula is C18H14F4N2O. The number of hydrogen-bond donors (Lipinski definition) is 0. The molecule has 0 fully saturated rings. The Bertz CT molecular complexity index is 952. The van der Waals surface area contributed by atoms with Crippen LogP contribution in [0.3, 0.4) is 0 Å². The highest BCUT2D eigenvalue weighted by molar-refractivity contribution is 5.63. The van der Waals surface area contributed by atoms with Crippen molar-refractivity contribution in [3.8, 4) is 16.8 Å². The average molecular weight is 350 g/mol. The maximum Gasteiger partial charge on any atom is 0.416 e. The Morgan fingerprint density at radius 3 is 2.32 bits per heavy atom. The van der Waals surface area contributed by atoms with E-state index in [4.69, 9.17) is 0 Å². The number of nitrogens with zero attached hydrogens (tertiary/aromatic N) is 2. The first-order valence-corrected chi connectivity index (χ1v) is 7.57. The minimum absolute atomic E-state index is 0.150. The van der Waals surface area contributed by atoms with Gasteiger partial charge in [-0.05, 0) is 48.9 Å². The van der Waals surface area contributed by atoms with Crippen LogP contribution in [-0.4, -0.2) is 9.36 Å². The summed E-state index contributed by atoms with van der Waals surface area (Å²) >= 11 is 0. The van der Waals surface area contributed by atoms with Gasteiger partial charge in [0.2, 0.25) is 0 Å². The van der Waals surface area contributed by atoms with Gasteiger partial charge in [0.25, 0.3) is 5.56 Å². The standard InChI is InChI=1S/C18H14F4N2O/c1-2-23-11-16(12-4-3-5-13(10-12)18(20,21)22)17(25)24(23)15-8-6-14(19)7-9-15/h3-11H,2H2,1H3. The Labute approximate surface area is 140 Å². The first kappa shape index (κ1) is 17.0. The second kappa shape index (κ2) is 6.23. The Morgan fingerprint density at radius 2 is 1.72 bits per heavy atom. The normalized spacial score (nSPS) is 11.7. The van der Waals surface area contributed by atoms with E-state index in [9.17, 15) is 22.4 Å². The summed E-state index contributed by atoms with van der Waals surface area (Å²) in [5.74, 6) is -0.440. The van der Waals surface area contributed by atoms with Gasteiger partial charge in [0.1, 0.15) is 5.82 Å². The lowest BCUT2D eigenvalue weighted by atomic mass is 10.1. The monoisotopic (exact) mass is 350 g/mol. The molecular weight excluding hydrogens is 336 g/mol. The quantitative estimate of drug-likeness (QED) is 0.640. The lowest BCUT2D eigenvalue weighted by Gasteiger charge is -2.08.